The van der Waals surface area contributed by atoms with E-state index in [9.17, 15) is 4.79 Å². The number of aromatic nitrogens is 4. The molecule has 0 saturated carbocycles. The van der Waals surface area contributed by atoms with Crippen molar-refractivity contribution in [2.45, 2.75) is 24.6 Å². The first kappa shape index (κ1) is 18.5. The molecule has 0 unspecified atom stereocenters. The first-order valence-corrected chi connectivity index (χ1v) is 11.7. The average molecular weight is 437 g/mol. The molecule has 5 aromatic rings. The summed E-state index contributed by atoms with van der Waals surface area (Å²) in [7, 11) is 0. The minimum atomic E-state index is -0.0890. The number of aryl methyl sites for hydroxylation is 2. The van der Waals surface area contributed by atoms with Gasteiger partial charge < -0.3 is 4.98 Å². The predicted octanol–water partition coefficient (Wildman–Crippen LogP) is 5.57. The fraction of sp³-hybridized carbons (Fsp3) is 0.143. The lowest BCUT2D eigenvalue weighted by Gasteiger charge is -2.04. The smallest absolute Gasteiger partial charge is 0.260 e. The van der Waals surface area contributed by atoms with Gasteiger partial charge in [0.15, 0.2) is 0 Å². The quantitative estimate of drug-likeness (QED) is 0.295. The highest BCUT2D eigenvalue weighted by atomic mass is 32.2. The van der Waals surface area contributed by atoms with E-state index in [0.717, 1.165) is 36.1 Å². The third kappa shape index (κ3) is 3.37. The molecule has 144 valence electrons. The Bertz CT molecular complexity index is 1400. The molecule has 1 aromatic carbocycles. The third-order valence-corrected chi connectivity index (χ3v) is 7.53. The molecule has 0 amide bonds. The summed E-state index contributed by atoms with van der Waals surface area (Å²) in [6.07, 6.45) is 1.58. The van der Waals surface area contributed by atoms with Gasteiger partial charge in [0.2, 0.25) is 0 Å². The maximum Gasteiger partial charge on any atom is 0.260 e. The molecule has 0 spiro atoms. The maximum atomic E-state index is 12.9. The van der Waals surface area contributed by atoms with E-state index in [1.54, 1.807) is 40.8 Å². The van der Waals surface area contributed by atoms with Crippen molar-refractivity contribution in [3.63, 3.8) is 0 Å². The molecule has 4 heterocycles. The lowest BCUT2D eigenvalue weighted by Crippen LogP contribution is -2.10. The van der Waals surface area contributed by atoms with Crippen molar-refractivity contribution < 1.29 is 0 Å². The summed E-state index contributed by atoms with van der Waals surface area (Å²) in [6, 6.07) is 10.3. The second-order valence-corrected chi connectivity index (χ2v) is 9.76. The Morgan fingerprint density at radius 3 is 2.72 bits per heavy atom. The summed E-state index contributed by atoms with van der Waals surface area (Å²) in [5.41, 5.74) is 3.14. The monoisotopic (exact) mass is 436 g/mol. The van der Waals surface area contributed by atoms with Crippen molar-refractivity contribution in [3.8, 4) is 11.1 Å². The zero-order chi connectivity index (χ0) is 20.0. The lowest BCUT2D eigenvalue weighted by molar-refractivity contribution is 1.04. The summed E-state index contributed by atoms with van der Waals surface area (Å²) < 4.78 is 0. The Morgan fingerprint density at radius 2 is 1.90 bits per heavy atom. The molecule has 0 bridgehead atoms. The first-order valence-electron chi connectivity index (χ1n) is 9.00. The maximum absolute atomic E-state index is 12.9. The van der Waals surface area contributed by atoms with Crippen LogP contribution >= 0.6 is 34.4 Å². The predicted molar refractivity (Wildman–Crippen MR) is 122 cm³/mol. The number of nitrogens with one attached hydrogen (secondary N) is 1. The fourth-order valence-corrected chi connectivity index (χ4v) is 6.03. The van der Waals surface area contributed by atoms with Gasteiger partial charge in [-0.25, -0.2) is 15.0 Å². The second-order valence-electron chi connectivity index (χ2n) is 6.70. The standard InChI is InChI=1S/C21H16N4OS3/c1-11-3-5-13(6-4-11)16-12(2)29-21-17(16)18(26)24-15(25-21)9-28-20-14-7-8-27-19(14)22-10-23-20/h3-8,10H,9H2,1-2H3,(H,24,25,26). The number of nitrogens with zero attached hydrogens (tertiary/aromatic N) is 3. The van der Waals surface area contributed by atoms with Crippen LogP contribution in [0.2, 0.25) is 0 Å². The highest BCUT2D eigenvalue weighted by molar-refractivity contribution is 7.98. The molecule has 29 heavy (non-hydrogen) atoms. The number of thioether (sulfide) groups is 1. The number of H-pyrrole nitrogens is 1. The number of fused-ring (bicyclic) bond motifs is 2. The molecule has 0 aliphatic heterocycles. The van der Waals surface area contributed by atoms with E-state index >= 15 is 0 Å². The Labute approximate surface area is 178 Å². The van der Waals surface area contributed by atoms with Crippen LogP contribution in [0.25, 0.3) is 31.6 Å². The topological polar surface area (TPSA) is 71.5 Å². The van der Waals surface area contributed by atoms with Gasteiger partial charge in [-0.15, -0.1) is 22.7 Å². The number of benzene rings is 1. The van der Waals surface area contributed by atoms with Crippen LogP contribution in [0.15, 0.2) is 51.9 Å². The summed E-state index contributed by atoms with van der Waals surface area (Å²) >= 11 is 4.72. The molecule has 0 aliphatic carbocycles. The average Bonchev–Trinajstić information content (AvgIpc) is 3.31. The van der Waals surface area contributed by atoms with Crippen molar-refractivity contribution in [1.29, 1.82) is 0 Å². The lowest BCUT2D eigenvalue weighted by atomic mass is 10.0. The minimum absolute atomic E-state index is 0.0890. The van der Waals surface area contributed by atoms with Gasteiger partial charge in [-0.1, -0.05) is 41.6 Å². The summed E-state index contributed by atoms with van der Waals surface area (Å²) in [6.45, 7) is 4.10. The normalized spacial score (nSPS) is 11.5. The number of aromatic amines is 1. The summed E-state index contributed by atoms with van der Waals surface area (Å²) in [5, 5.41) is 4.63. The molecule has 5 rings (SSSR count). The highest BCUT2D eigenvalue weighted by Crippen LogP contribution is 2.36. The van der Waals surface area contributed by atoms with E-state index in [1.807, 2.05) is 18.4 Å². The van der Waals surface area contributed by atoms with E-state index in [2.05, 4.69) is 46.1 Å². The molecular formula is C21H16N4OS3. The van der Waals surface area contributed by atoms with E-state index in [1.165, 1.54) is 5.56 Å². The molecule has 0 radical (unpaired) electrons. The van der Waals surface area contributed by atoms with Gasteiger partial charge >= 0.3 is 0 Å². The van der Waals surface area contributed by atoms with Crippen LogP contribution in [0.5, 0.6) is 0 Å². The molecule has 4 aromatic heterocycles. The van der Waals surface area contributed by atoms with Gasteiger partial charge in [0.25, 0.3) is 5.56 Å². The van der Waals surface area contributed by atoms with Crippen molar-refractivity contribution >= 4 is 54.9 Å². The minimum Gasteiger partial charge on any atom is -0.309 e. The van der Waals surface area contributed by atoms with Crippen LogP contribution in [0.4, 0.5) is 0 Å². The van der Waals surface area contributed by atoms with Crippen LogP contribution in [0.3, 0.4) is 0 Å². The zero-order valence-corrected chi connectivity index (χ0v) is 18.2. The molecule has 5 nitrogen and oxygen atoms in total. The van der Waals surface area contributed by atoms with Crippen molar-refractivity contribution in [3.05, 3.63) is 68.7 Å². The van der Waals surface area contributed by atoms with Gasteiger partial charge in [0, 0.05) is 15.8 Å². The number of hydrogen-bond acceptors (Lipinski definition) is 7. The number of hydrogen-bond donors (Lipinski definition) is 1. The zero-order valence-electron chi connectivity index (χ0n) is 15.7. The highest BCUT2D eigenvalue weighted by Gasteiger charge is 2.17. The van der Waals surface area contributed by atoms with Gasteiger partial charge in [-0.2, -0.15) is 0 Å². The SMILES string of the molecule is Cc1ccc(-c2c(C)sc3nc(CSc4ncnc5sccc45)[nH]c(=O)c23)cc1. The third-order valence-electron chi connectivity index (χ3n) is 4.70. The van der Waals surface area contributed by atoms with Gasteiger partial charge in [0.05, 0.1) is 11.1 Å². The molecule has 0 fully saturated rings. The van der Waals surface area contributed by atoms with Crippen LogP contribution in [-0.4, -0.2) is 19.9 Å². The first-order chi connectivity index (χ1) is 14.1. The Balaban J connectivity index is 1.51. The molecule has 0 aliphatic rings. The van der Waals surface area contributed by atoms with E-state index in [-0.39, 0.29) is 5.56 Å². The molecule has 8 heteroatoms. The Morgan fingerprint density at radius 1 is 1.07 bits per heavy atom. The number of rotatable bonds is 4. The Kier molecular flexibility index (Phi) is 4.69. The molecule has 0 saturated heterocycles. The summed E-state index contributed by atoms with van der Waals surface area (Å²) in [5.74, 6) is 1.20. The van der Waals surface area contributed by atoms with Crippen LogP contribution < -0.4 is 5.56 Å². The molecular weight excluding hydrogens is 420 g/mol. The number of thiophene rings is 2. The largest absolute Gasteiger partial charge is 0.309 e. The van der Waals surface area contributed by atoms with E-state index < -0.39 is 0 Å². The fourth-order valence-electron chi connectivity index (χ4n) is 3.32. The van der Waals surface area contributed by atoms with Crippen LogP contribution in [0, 0.1) is 13.8 Å². The van der Waals surface area contributed by atoms with E-state index in [0.29, 0.717) is 17.0 Å². The van der Waals surface area contributed by atoms with Crippen molar-refractivity contribution in [2.24, 2.45) is 0 Å². The van der Waals surface area contributed by atoms with Crippen molar-refractivity contribution in [2.75, 3.05) is 0 Å². The second kappa shape index (κ2) is 7.37. The molecule has 1 N–H and O–H groups in total. The van der Waals surface area contributed by atoms with Crippen molar-refractivity contribution in [1.82, 2.24) is 19.9 Å². The molecule has 0 atom stereocenters. The van der Waals surface area contributed by atoms with E-state index in [4.69, 9.17) is 4.98 Å². The summed E-state index contributed by atoms with van der Waals surface area (Å²) in [4.78, 5) is 32.2. The van der Waals surface area contributed by atoms with Gasteiger partial charge in [-0.3, -0.25) is 4.79 Å². The van der Waals surface area contributed by atoms with Gasteiger partial charge in [-0.05, 0) is 30.9 Å². The van der Waals surface area contributed by atoms with Crippen LogP contribution in [0.1, 0.15) is 16.3 Å². The van der Waals surface area contributed by atoms with Crippen LogP contribution in [-0.2, 0) is 5.75 Å². The Hall–Kier alpha value is -2.55. The van der Waals surface area contributed by atoms with Gasteiger partial charge in [0.1, 0.15) is 26.8 Å².